The van der Waals surface area contributed by atoms with E-state index in [-0.39, 0.29) is 0 Å². The molecule has 152 valence electrons. The highest BCUT2D eigenvalue weighted by molar-refractivity contribution is 7.17. The van der Waals surface area contributed by atoms with Crippen LogP contribution in [0, 0.1) is 12.8 Å². The first-order valence-corrected chi connectivity index (χ1v) is 10.4. The molecule has 0 bridgehead atoms. The molecule has 3 amide bonds. The number of ether oxygens (including phenoxy) is 1. The van der Waals surface area contributed by atoms with Gasteiger partial charge in [0.25, 0.3) is 23.3 Å². The molecule has 2 atom stereocenters. The fourth-order valence-electron chi connectivity index (χ4n) is 3.81. The van der Waals surface area contributed by atoms with Crippen LogP contribution in [0.3, 0.4) is 0 Å². The minimum absolute atomic E-state index is 0.348. The van der Waals surface area contributed by atoms with Gasteiger partial charge in [-0.25, -0.2) is 0 Å². The van der Waals surface area contributed by atoms with Crippen molar-refractivity contribution >= 4 is 39.7 Å². The maximum Gasteiger partial charge on any atom is 0.278 e. The summed E-state index contributed by atoms with van der Waals surface area (Å²) in [6.45, 7) is 5.48. The number of rotatable bonds is 3. The fraction of sp³-hybridized carbons (Fsp3) is 0.381. The van der Waals surface area contributed by atoms with Gasteiger partial charge >= 0.3 is 0 Å². The van der Waals surface area contributed by atoms with Crippen molar-refractivity contribution in [3.05, 3.63) is 39.8 Å². The topological polar surface area (TPSA) is 111 Å². The van der Waals surface area contributed by atoms with Gasteiger partial charge in [-0.2, -0.15) is 0 Å². The monoisotopic (exact) mass is 413 g/mol. The number of anilines is 2. The number of aryl methyl sites for hydroxylation is 1. The molecule has 0 saturated carbocycles. The molecule has 2 unspecified atom stereocenters. The number of thiophene rings is 1. The van der Waals surface area contributed by atoms with Crippen molar-refractivity contribution in [1.29, 1.82) is 0 Å². The van der Waals surface area contributed by atoms with Crippen molar-refractivity contribution < 1.29 is 19.1 Å². The molecular weight excluding hydrogens is 390 g/mol. The van der Waals surface area contributed by atoms with E-state index in [1.807, 2.05) is 13.0 Å². The third kappa shape index (κ3) is 3.27. The van der Waals surface area contributed by atoms with Gasteiger partial charge < -0.3 is 21.1 Å². The number of hydrogen-bond donors (Lipinski definition) is 3. The van der Waals surface area contributed by atoms with Crippen molar-refractivity contribution in [2.75, 3.05) is 10.6 Å². The summed E-state index contributed by atoms with van der Waals surface area (Å²) in [6.07, 6.45) is 2.57. The van der Waals surface area contributed by atoms with Gasteiger partial charge in [0.05, 0.1) is 11.3 Å². The smallest absolute Gasteiger partial charge is 0.278 e. The minimum Gasteiger partial charge on any atom is -0.466 e. The van der Waals surface area contributed by atoms with Crippen LogP contribution in [0.4, 0.5) is 10.7 Å². The Bertz CT molecular complexity index is 1040. The molecule has 2 aromatic rings. The second-order valence-electron chi connectivity index (χ2n) is 7.96. The predicted molar refractivity (Wildman–Crippen MR) is 111 cm³/mol. The third-order valence-corrected chi connectivity index (χ3v) is 6.72. The van der Waals surface area contributed by atoms with E-state index >= 15 is 0 Å². The van der Waals surface area contributed by atoms with Crippen LogP contribution >= 0.6 is 11.3 Å². The number of carbonyl (C=O) groups is 3. The zero-order valence-electron chi connectivity index (χ0n) is 16.5. The van der Waals surface area contributed by atoms with Crippen molar-refractivity contribution in [2.24, 2.45) is 11.7 Å². The van der Waals surface area contributed by atoms with Crippen molar-refractivity contribution in [2.45, 2.75) is 45.6 Å². The zero-order chi connectivity index (χ0) is 20.9. The summed E-state index contributed by atoms with van der Waals surface area (Å²) in [4.78, 5) is 38.9. The van der Waals surface area contributed by atoms with Crippen LogP contribution in [0.1, 0.15) is 46.6 Å². The lowest BCUT2D eigenvalue weighted by molar-refractivity contribution is -0.143. The molecule has 7 nitrogen and oxygen atoms in total. The van der Waals surface area contributed by atoms with E-state index in [0.29, 0.717) is 27.9 Å². The van der Waals surface area contributed by atoms with Gasteiger partial charge in [0.15, 0.2) is 0 Å². The molecule has 2 heterocycles. The van der Waals surface area contributed by atoms with Crippen LogP contribution in [0.25, 0.3) is 0 Å². The first kappa shape index (κ1) is 19.4. The lowest BCUT2D eigenvalue weighted by atomic mass is 9.88. The zero-order valence-corrected chi connectivity index (χ0v) is 17.4. The molecule has 0 spiro atoms. The summed E-state index contributed by atoms with van der Waals surface area (Å²) in [5.41, 5.74) is 6.60. The number of hydrogen-bond acceptors (Lipinski definition) is 5. The van der Waals surface area contributed by atoms with E-state index in [2.05, 4.69) is 17.6 Å². The molecule has 2 aliphatic rings. The summed E-state index contributed by atoms with van der Waals surface area (Å²) >= 11 is 1.35. The maximum absolute atomic E-state index is 13.1. The number of nitrogens with two attached hydrogens (primary N) is 1. The Hall–Kier alpha value is -2.87. The van der Waals surface area contributed by atoms with Gasteiger partial charge in [-0.3, -0.25) is 14.4 Å². The SMILES string of the molecule is Cc1ccc2c(c1)NC(=O)C(C)(C(=O)Nc1sc3c(c1C(N)=O)CCC(C)C3)O2. The van der Waals surface area contributed by atoms with E-state index in [1.54, 1.807) is 12.1 Å². The highest BCUT2D eigenvalue weighted by Crippen LogP contribution is 2.40. The summed E-state index contributed by atoms with van der Waals surface area (Å²) < 4.78 is 5.80. The minimum atomic E-state index is -1.77. The number of primary amides is 1. The Morgan fingerprint density at radius 3 is 2.86 bits per heavy atom. The largest absolute Gasteiger partial charge is 0.466 e. The lowest BCUT2D eigenvalue weighted by Gasteiger charge is -2.33. The Labute approximate surface area is 172 Å². The Morgan fingerprint density at radius 2 is 2.14 bits per heavy atom. The van der Waals surface area contributed by atoms with E-state index in [4.69, 9.17) is 10.5 Å². The van der Waals surface area contributed by atoms with Crippen LogP contribution in [0.5, 0.6) is 5.75 Å². The van der Waals surface area contributed by atoms with Crippen LogP contribution < -0.4 is 21.1 Å². The Kier molecular flexibility index (Phi) is 4.61. The van der Waals surface area contributed by atoms with Crippen molar-refractivity contribution in [3.63, 3.8) is 0 Å². The van der Waals surface area contributed by atoms with E-state index < -0.39 is 23.3 Å². The number of benzene rings is 1. The van der Waals surface area contributed by atoms with Gasteiger partial charge in [-0.15, -0.1) is 11.3 Å². The van der Waals surface area contributed by atoms with Crippen molar-refractivity contribution in [1.82, 2.24) is 0 Å². The van der Waals surface area contributed by atoms with Crippen LogP contribution in [0.2, 0.25) is 0 Å². The number of fused-ring (bicyclic) bond motifs is 2. The molecule has 1 aliphatic carbocycles. The Balaban J connectivity index is 1.65. The van der Waals surface area contributed by atoms with Gasteiger partial charge in [0.2, 0.25) is 0 Å². The fourth-order valence-corrected chi connectivity index (χ4v) is 5.22. The van der Waals surface area contributed by atoms with E-state index in [9.17, 15) is 14.4 Å². The Morgan fingerprint density at radius 1 is 1.38 bits per heavy atom. The molecule has 1 aromatic carbocycles. The number of nitrogens with one attached hydrogen (secondary N) is 2. The van der Waals surface area contributed by atoms with Crippen LogP contribution in [-0.2, 0) is 22.4 Å². The molecule has 1 aromatic heterocycles. The number of carbonyl (C=O) groups excluding carboxylic acids is 3. The molecule has 0 saturated heterocycles. The second kappa shape index (κ2) is 6.88. The van der Waals surface area contributed by atoms with E-state index in [1.165, 1.54) is 18.3 Å². The molecule has 4 rings (SSSR count). The van der Waals surface area contributed by atoms with E-state index in [0.717, 1.165) is 35.3 Å². The molecule has 8 heteroatoms. The molecule has 29 heavy (non-hydrogen) atoms. The summed E-state index contributed by atoms with van der Waals surface area (Å²) in [6, 6.07) is 5.34. The highest BCUT2D eigenvalue weighted by atomic mass is 32.1. The van der Waals surface area contributed by atoms with Gasteiger partial charge in [-0.1, -0.05) is 13.0 Å². The molecular formula is C21H23N3O4S. The molecule has 0 radical (unpaired) electrons. The summed E-state index contributed by atoms with van der Waals surface area (Å²) in [7, 11) is 0. The molecule has 0 fully saturated rings. The predicted octanol–water partition coefficient (Wildman–Crippen LogP) is 3.01. The normalized spacial score (nSPS) is 22.7. The molecule has 1 aliphatic heterocycles. The van der Waals surface area contributed by atoms with Crippen molar-refractivity contribution in [3.8, 4) is 5.75 Å². The van der Waals surface area contributed by atoms with Gasteiger partial charge in [0.1, 0.15) is 10.8 Å². The van der Waals surface area contributed by atoms with Gasteiger partial charge in [-0.05, 0) is 62.3 Å². The highest BCUT2D eigenvalue weighted by Gasteiger charge is 2.48. The van der Waals surface area contributed by atoms with Gasteiger partial charge in [0, 0.05) is 4.88 Å². The summed E-state index contributed by atoms with van der Waals surface area (Å²) in [5.74, 6) is -0.857. The maximum atomic E-state index is 13.1. The van der Waals surface area contributed by atoms with Crippen LogP contribution in [-0.4, -0.2) is 23.3 Å². The quantitative estimate of drug-likeness (QED) is 0.672. The average Bonchev–Trinajstić information content (AvgIpc) is 3.00. The lowest BCUT2D eigenvalue weighted by Crippen LogP contribution is -2.56. The van der Waals surface area contributed by atoms with Crippen LogP contribution in [0.15, 0.2) is 18.2 Å². The summed E-state index contributed by atoms with van der Waals surface area (Å²) in [5, 5.41) is 5.86. The second-order valence-corrected chi connectivity index (χ2v) is 9.07. The molecule has 4 N–H and O–H groups in total. The standard InChI is InChI=1S/C21H23N3O4S/c1-10-5-7-14-13(8-10)23-19(26)21(3,28-14)20(27)24-18-16(17(22)25)12-6-4-11(2)9-15(12)29-18/h5,7-8,11H,4,6,9H2,1-3H3,(H2,22,25)(H,23,26)(H,24,27). The first-order chi connectivity index (χ1) is 13.7. The third-order valence-electron chi connectivity index (χ3n) is 5.55. The number of amides is 3. The average molecular weight is 413 g/mol. The first-order valence-electron chi connectivity index (χ1n) is 9.56.